The molecular formula is C31H39N7. The van der Waals surface area contributed by atoms with Crippen molar-refractivity contribution in [2.24, 2.45) is 0 Å². The maximum Gasteiger partial charge on any atom is 0.201 e. The molecule has 0 bridgehead atoms. The number of aromatic nitrogens is 7. The molecule has 0 saturated carbocycles. The van der Waals surface area contributed by atoms with Crippen molar-refractivity contribution in [3.63, 3.8) is 0 Å². The quantitative estimate of drug-likeness (QED) is 0.174. The number of nitrogens with zero attached hydrogens (tertiary/aromatic N) is 7. The lowest BCUT2D eigenvalue weighted by Gasteiger charge is -2.11. The molecule has 0 fully saturated rings. The zero-order valence-electron chi connectivity index (χ0n) is 23.2. The minimum Gasteiger partial charge on any atom is -0.234 e. The summed E-state index contributed by atoms with van der Waals surface area (Å²) in [5, 5.41) is 0. The molecule has 3 heterocycles. The van der Waals surface area contributed by atoms with Crippen molar-refractivity contribution >= 4 is 0 Å². The maximum absolute atomic E-state index is 4.85. The molecule has 0 spiro atoms. The van der Waals surface area contributed by atoms with Crippen LogP contribution in [0.2, 0.25) is 0 Å². The van der Waals surface area contributed by atoms with Crippen molar-refractivity contribution in [3.05, 3.63) is 65.2 Å². The molecule has 0 radical (unpaired) electrons. The summed E-state index contributed by atoms with van der Waals surface area (Å²) in [7, 11) is 0. The average molecular weight is 510 g/mol. The third-order valence-electron chi connectivity index (χ3n) is 6.55. The maximum atomic E-state index is 4.85. The zero-order chi connectivity index (χ0) is 26.7. The summed E-state index contributed by atoms with van der Waals surface area (Å²) in [6, 6.07) is 6.84. The van der Waals surface area contributed by atoms with Gasteiger partial charge >= 0.3 is 0 Å². The van der Waals surface area contributed by atoms with E-state index < -0.39 is 0 Å². The molecule has 38 heavy (non-hydrogen) atoms. The third kappa shape index (κ3) is 7.70. The minimum atomic E-state index is 0.423. The summed E-state index contributed by atoms with van der Waals surface area (Å²) in [6.45, 7) is 8.42. The fourth-order valence-corrected chi connectivity index (χ4v) is 4.41. The number of aryl methyl sites for hydroxylation is 4. The topological polar surface area (TPSA) is 90.2 Å². The van der Waals surface area contributed by atoms with E-state index in [2.05, 4.69) is 57.0 Å². The van der Waals surface area contributed by atoms with Crippen molar-refractivity contribution in [2.75, 3.05) is 0 Å². The lowest BCUT2D eigenvalue weighted by molar-refractivity contribution is 0.661. The number of benzene rings is 1. The molecule has 1 aromatic carbocycles. The Bertz CT molecular complexity index is 1210. The molecule has 0 saturated heterocycles. The summed E-state index contributed by atoms with van der Waals surface area (Å²) in [6.07, 6.45) is 19.1. The molecular weight excluding hydrogens is 470 g/mol. The second-order valence-electron chi connectivity index (χ2n) is 10.1. The molecule has 3 aromatic heterocycles. The van der Waals surface area contributed by atoms with Crippen LogP contribution >= 0.6 is 0 Å². The van der Waals surface area contributed by atoms with Crippen LogP contribution in [0.1, 0.15) is 87.5 Å². The van der Waals surface area contributed by atoms with Crippen molar-refractivity contribution in [2.45, 2.75) is 91.9 Å². The summed E-state index contributed by atoms with van der Waals surface area (Å²) in [5.41, 5.74) is 5.63. The first-order valence-corrected chi connectivity index (χ1v) is 14.0. The SMILES string of the molecule is CCCCCCc1cc(CCCCCC)cc(-c2nc(-c3ncc(C)cn3)nc(-c3ncc(C)cn3)n2)c1. The van der Waals surface area contributed by atoms with Gasteiger partial charge in [-0.25, -0.2) is 34.9 Å². The van der Waals surface area contributed by atoms with Crippen molar-refractivity contribution in [1.82, 2.24) is 34.9 Å². The van der Waals surface area contributed by atoms with E-state index in [4.69, 9.17) is 9.97 Å². The smallest absolute Gasteiger partial charge is 0.201 e. The monoisotopic (exact) mass is 509 g/mol. The molecule has 0 aliphatic heterocycles. The van der Waals surface area contributed by atoms with Crippen LogP contribution in [0.15, 0.2) is 43.0 Å². The molecule has 4 aromatic rings. The van der Waals surface area contributed by atoms with Crippen LogP contribution in [-0.2, 0) is 12.8 Å². The van der Waals surface area contributed by atoms with Gasteiger partial charge in [0.15, 0.2) is 17.5 Å². The van der Waals surface area contributed by atoms with Gasteiger partial charge in [0, 0.05) is 30.4 Å². The lowest BCUT2D eigenvalue weighted by atomic mass is 9.97. The normalized spacial score (nSPS) is 11.2. The Morgan fingerprint density at radius 2 is 0.895 bits per heavy atom. The zero-order valence-corrected chi connectivity index (χ0v) is 23.2. The average Bonchev–Trinajstić information content (AvgIpc) is 2.94. The highest BCUT2D eigenvalue weighted by Crippen LogP contribution is 2.25. The highest BCUT2D eigenvalue weighted by Gasteiger charge is 2.16. The largest absolute Gasteiger partial charge is 0.234 e. The summed E-state index contributed by atoms with van der Waals surface area (Å²) in [5.74, 6) is 2.37. The predicted octanol–water partition coefficient (Wildman–Crippen LogP) is 7.32. The Morgan fingerprint density at radius 1 is 0.474 bits per heavy atom. The summed E-state index contributed by atoms with van der Waals surface area (Å²) < 4.78 is 0. The molecule has 7 heteroatoms. The van der Waals surface area contributed by atoms with Gasteiger partial charge in [-0.15, -0.1) is 0 Å². The minimum absolute atomic E-state index is 0.423. The molecule has 0 aliphatic rings. The van der Waals surface area contributed by atoms with Crippen molar-refractivity contribution < 1.29 is 0 Å². The predicted molar refractivity (Wildman–Crippen MR) is 152 cm³/mol. The van der Waals surface area contributed by atoms with Gasteiger partial charge in [-0.1, -0.05) is 58.4 Å². The van der Waals surface area contributed by atoms with Gasteiger partial charge in [-0.2, -0.15) is 0 Å². The standard InChI is InChI=1S/C31H39N7/c1-5-7-9-11-13-24-15-25(14-12-10-8-6-2)17-26(16-24)27-36-30(28-32-18-22(3)19-33-28)38-31(37-27)29-34-20-23(4)21-35-29/h15-21H,5-14H2,1-4H3. The van der Waals surface area contributed by atoms with Crippen LogP contribution in [-0.4, -0.2) is 34.9 Å². The van der Waals surface area contributed by atoms with Crippen LogP contribution in [0.3, 0.4) is 0 Å². The van der Waals surface area contributed by atoms with E-state index >= 15 is 0 Å². The van der Waals surface area contributed by atoms with Crippen LogP contribution in [0.5, 0.6) is 0 Å². The molecule has 0 atom stereocenters. The summed E-state index contributed by atoms with van der Waals surface area (Å²) >= 11 is 0. The van der Waals surface area contributed by atoms with Crippen LogP contribution in [0, 0.1) is 13.8 Å². The summed E-state index contributed by atoms with van der Waals surface area (Å²) in [4.78, 5) is 32.3. The van der Waals surface area contributed by atoms with E-state index in [0.29, 0.717) is 29.1 Å². The van der Waals surface area contributed by atoms with E-state index in [1.807, 2.05) is 13.8 Å². The van der Waals surface area contributed by atoms with E-state index in [-0.39, 0.29) is 0 Å². The number of hydrogen-bond donors (Lipinski definition) is 0. The number of unbranched alkanes of at least 4 members (excludes halogenated alkanes) is 6. The first-order chi connectivity index (χ1) is 18.6. The lowest BCUT2D eigenvalue weighted by Crippen LogP contribution is -2.05. The molecule has 4 rings (SSSR count). The van der Waals surface area contributed by atoms with Crippen molar-refractivity contribution in [3.8, 4) is 34.7 Å². The number of rotatable bonds is 13. The van der Waals surface area contributed by atoms with E-state index in [0.717, 1.165) is 29.5 Å². The third-order valence-corrected chi connectivity index (χ3v) is 6.55. The van der Waals surface area contributed by atoms with Crippen LogP contribution in [0.25, 0.3) is 34.7 Å². The second-order valence-corrected chi connectivity index (χ2v) is 10.1. The van der Waals surface area contributed by atoms with Gasteiger partial charge in [0.1, 0.15) is 0 Å². The Labute approximate surface area is 226 Å². The van der Waals surface area contributed by atoms with Crippen molar-refractivity contribution in [1.29, 1.82) is 0 Å². The van der Waals surface area contributed by atoms with Crippen LogP contribution in [0.4, 0.5) is 0 Å². The first kappa shape index (κ1) is 27.4. The van der Waals surface area contributed by atoms with E-state index in [9.17, 15) is 0 Å². The highest BCUT2D eigenvalue weighted by molar-refractivity contribution is 5.63. The molecule has 198 valence electrons. The van der Waals surface area contributed by atoms with Crippen LogP contribution < -0.4 is 0 Å². The van der Waals surface area contributed by atoms with Gasteiger partial charge in [0.05, 0.1) is 0 Å². The van der Waals surface area contributed by atoms with Gasteiger partial charge in [-0.3, -0.25) is 0 Å². The Morgan fingerprint density at radius 3 is 1.32 bits per heavy atom. The number of hydrogen-bond acceptors (Lipinski definition) is 7. The molecule has 0 aliphatic carbocycles. The van der Waals surface area contributed by atoms with Gasteiger partial charge < -0.3 is 0 Å². The fraction of sp³-hybridized carbons (Fsp3) is 0.452. The van der Waals surface area contributed by atoms with Gasteiger partial charge in [0.2, 0.25) is 11.6 Å². The second kappa shape index (κ2) is 13.8. The van der Waals surface area contributed by atoms with Gasteiger partial charge in [-0.05, 0) is 73.9 Å². The fourth-order valence-electron chi connectivity index (χ4n) is 4.41. The Hall–Kier alpha value is -3.61. The molecule has 0 N–H and O–H groups in total. The Kier molecular flexibility index (Phi) is 9.96. The van der Waals surface area contributed by atoms with Gasteiger partial charge in [0.25, 0.3) is 0 Å². The Balaban J connectivity index is 1.76. The highest BCUT2D eigenvalue weighted by atomic mass is 15.1. The van der Waals surface area contributed by atoms with E-state index in [1.165, 1.54) is 62.5 Å². The molecule has 7 nitrogen and oxygen atoms in total. The van der Waals surface area contributed by atoms with E-state index in [1.54, 1.807) is 24.8 Å². The first-order valence-electron chi connectivity index (χ1n) is 14.0. The molecule has 0 unspecified atom stereocenters. The molecule has 0 amide bonds.